The zero-order valence-corrected chi connectivity index (χ0v) is 12.1. The molecule has 16 heavy (non-hydrogen) atoms. The van der Waals surface area contributed by atoms with Gasteiger partial charge >= 0.3 is 0 Å². The standard InChI is InChI=1S/C12H18BrNOS/c1-10-11(16-9-14-10)3-5-12(7-13)4-2-6-15-8-12/h9H,2-8H2,1H3. The Morgan fingerprint density at radius 1 is 1.62 bits per heavy atom. The van der Waals surface area contributed by atoms with E-state index >= 15 is 0 Å². The summed E-state index contributed by atoms with van der Waals surface area (Å²) < 4.78 is 5.63. The predicted molar refractivity (Wildman–Crippen MR) is 71.5 cm³/mol. The van der Waals surface area contributed by atoms with E-state index in [9.17, 15) is 0 Å². The van der Waals surface area contributed by atoms with Crippen LogP contribution in [0.1, 0.15) is 29.8 Å². The fraction of sp³-hybridized carbons (Fsp3) is 0.750. The molecule has 4 heteroatoms. The van der Waals surface area contributed by atoms with Crippen molar-refractivity contribution in [1.82, 2.24) is 4.98 Å². The summed E-state index contributed by atoms with van der Waals surface area (Å²) in [4.78, 5) is 5.74. The van der Waals surface area contributed by atoms with Gasteiger partial charge in [0, 0.05) is 22.2 Å². The molecule has 1 fully saturated rings. The Morgan fingerprint density at radius 2 is 2.50 bits per heavy atom. The summed E-state index contributed by atoms with van der Waals surface area (Å²) in [5.74, 6) is 0. The lowest BCUT2D eigenvalue weighted by Gasteiger charge is -2.35. The number of rotatable bonds is 4. The predicted octanol–water partition coefficient (Wildman–Crippen LogP) is 3.58. The van der Waals surface area contributed by atoms with E-state index in [0.717, 1.165) is 25.0 Å². The Morgan fingerprint density at radius 3 is 3.06 bits per heavy atom. The molecule has 2 rings (SSSR count). The zero-order valence-electron chi connectivity index (χ0n) is 9.67. The average Bonchev–Trinajstić information content (AvgIpc) is 2.74. The lowest BCUT2D eigenvalue weighted by atomic mass is 9.80. The number of ether oxygens (including phenoxy) is 1. The van der Waals surface area contributed by atoms with Crippen molar-refractivity contribution in [3.8, 4) is 0 Å². The highest BCUT2D eigenvalue weighted by molar-refractivity contribution is 9.09. The lowest BCUT2D eigenvalue weighted by Crippen LogP contribution is -2.33. The molecule has 0 bridgehead atoms. The lowest BCUT2D eigenvalue weighted by molar-refractivity contribution is 0.00175. The molecule has 90 valence electrons. The third-order valence-corrected chi connectivity index (χ3v) is 5.60. The van der Waals surface area contributed by atoms with Gasteiger partial charge < -0.3 is 4.74 Å². The van der Waals surface area contributed by atoms with Crippen molar-refractivity contribution in [3.63, 3.8) is 0 Å². The molecule has 0 aromatic carbocycles. The number of alkyl halides is 1. The van der Waals surface area contributed by atoms with E-state index in [1.807, 2.05) is 5.51 Å². The van der Waals surface area contributed by atoms with Gasteiger partial charge in [-0.1, -0.05) is 15.9 Å². The van der Waals surface area contributed by atoms with Crippen molar-refractivity contribution in [2.45, 2.75) is 32.6 Å². The van der Waals surface area contributed by atoms with Gasteiger partial charge in [0.25, 0.3) is 0 Å². The zero-order chi connectivity index (χ0) is 11.4. The van der Waals surface area contributed by atoms with Crippen molar-refractivity contribution in [2.75, 3.05) is 18.5 Å². The quantitative estimate of drug-likeness (QED) is 0.793. The molecule has 1 saturated heterocycles. The molecule has 0 N–H and O–H groups in total. The molecular weight excluding hydrogens is 286 g/mol. The van der Waals surface area contributed by atoms with Gasteiger partial charge in [-0.2, -0.15) is 0 Å². The van der Waals surface area contributed by atoms with Crippen molar-refractivity contribution in [1.29, 1.82) is 0 Å². The first-order valence-corrected chi connectivity index (χ1v) is 7.79. The molecule has 1 aliphatic rings. The smallest absolute Gasteiger partial charge is 0.0797 e. The second-order valence-corrected chi connectivity index (χ2v) is 6.15. The monoisotopic (exact) mass is 303 g/mol. The first-order chi connectivity index (χ1) is 7.76. The van der Waals surface area contributed by atoms with E-state index in [4.69, 9.17) is 4.74 Å². The fourth-order valence-electron chi connectivity index (χ4n) is 2.22. The van der Waals surface area contributed by atoms with Crippen LogP contribution in [-0.4, -0.2) is 23.5 Å². The summed E-state index contributed by atoms with van der Waals surface area (Å²) in [6, 6.07) is 0. The minimum atomic E-state index is 0.356. The maximum absolute atomic E-state index is 5.63. The van der Waals surface area contributed by atoms with Gasteiger partial charge in [0.05, 0.1) is 17.8 Å². The Bertz CT molecular complexity index is 334. The van der Waals surface area contributed by atoms with Crippen LogP contribution >= 0.6 is 27.3 Å². The minimum Gasteiger partial charge on any atom is -0.381 e. The number of nitrogens with zero attached hydrogens (tertiary/aromatic N) is 1. The van der Waals surface area contributed by atoms with Crippen LogP contribution in [0.2, 0.25) is 0 Å². The minimum absolute atomic E-state index is 0.356. The molecule has 0 amide bonds. The van der Waals surface area contributed by atoms with Crippen molar-refractivity contribution in [2.24, 2.45) is 5.41 Å². The van der Waals surface area contributed by atoms with E-state index in [1.54, 1.807) is 11.3 Å². The van der Waals surface area contributed by atoms with Gasteiger partial charge in [-0.05, 0) is 32.6 Å². The average molecular weight is 304 g/mol. The van der Waals surface area contributed by atoms with E-state index in [-0.39, 0.29) is 0 Å². The van der Waals surface area contributed by atoms with Gasteiger partial charge in [-0.3, -0.25) is 0 Å². The van der Waals surface area contributed by atoms with Crippen molar-refractivity contribution >= 4 is 27.3 Å². The van der Waals surface area contributed by atoms with Gasteiger partial charge in [-0.25, -0.2) is 4.98 Å². The summed E-state index contributed by atoms with van der Waals surface area (Å²) in [7, 11) is 0. The van der Waals surface area contributed by atoms with Crippen LogP contribution in [0.15, 0.2) is 5.51 Å². The van der Waals surface area contributed by atoms with Gasteiger partial charge in [0.1, 0.15) is 0 Å². The molecule has 1 aromatic rings. The first-order valence-electron chi connectivity index (χ1n) is 5.78. The topological polar surface area (TPSA) is 22.1 Å². The van der Waals surface area contributed by atoms with Crippen LogP contribution in [0.3, 0.4) is 0 Å². The Hall–Kier alpha value is 0.0700. The van der Waals surface area contributed by atoms with E-state index in [2.05, 4.69) is 27.8 Å². The highest BCUT2D eigenvalue weighted by atomic mass is 79.9. The molecular formula is C12H18BrNOS. The number of hydrogen-bond acceptors (Lipinski definition) is 3. The summed E-state index contributed by atoms with van der Waals surface area (Å²) in [5, 5.41) is 1.05. The summed E-state index contributed by atoms with van der Waals surface area (Å²) in [5.41, 5.74) is 3.50. The molecule has 0 aliphatic carbocycles. The van der Waals surface area contributed by atoms with Crippen LogP contribution < -0.4 is 0 Å². The third-order valence-electron chi connectivity index (χ3n) is 3.41. The Kier molecular flexibility index (Phi) is 4.39. The van der Waals surface area contributed by atoms with Crippen LogP contribution in [0.4, 0.5) is 0 Å². The fourth-order valence-corrected chi connectivity index (χ4v) is 3.73. The number of aryl methyl sites for hydroxylation is 2. The largest absolute Gasteiger partial charge is 0.381 e. The maximum atomic E-state index is 5.63. The van der Waals surface area contributed by atoms with Crippen LogP contribution in [0, 0.1) is 12.3 Å². The summed E-state index contributed by atoms with van der Waals surface area (Å²) in [6.45, 7) is 3.95. The molecule has 1 unspecified atom stereocenters. The second-order valence-electron chi connectivity index (χ2n) is 4.65. The van der Waals surface area contributed by atoms with E-state index < -0.39 is 0 Å². The molecule has 0 radical (unpaired) electrons. The highest BCUT2D eigenvalue weighted by Crippen LogP contribution is 2.36. The molecule has 0 saturated carbocycles. The second kappa shape index (κ2) is 5.61. The number of thiazole rings is 1. The normalized spacial score (nSPS) is 25.9. The Balaban J connectivity index is 1.94. The summed E-state index contributed by atoms with van der Waals surface area (Å²) >= 11 is 5.44. The van der Waals surface area contributed by atoms with Crippen LogP contribution in [-0.2, 0) is 11.2 Å². The van der Waals surface area contributed by atoms with Crippen LogP contribution in [0.5, 0.6) is 0 Å². The van der Waals surface area contributed by atoms with Crippen LogP contribution in [0.25, 0.3) is 0 Å². The molecule has 1 aliphatic heterocycles. The SMILES string of the molecule is Cc1ncsc1CCC1(CBr)CCCOC1. The molecule has 2 nitrogen and oxygen atoms in total. The molecule has 2 heterocycles. The third kappa shape index (κ3) is 2.84. The number of hydrogen-bond donors (Lipinski definition) is 0. The highest BCUT2D eigenvalue weighted by Gasteiger charge is 2.31. The summed E-state index contributed by atoms with van der Waals surface area (Å²) in [6.07, 6.45) is 4.84. The maximum Gasteiger partial charge on any atom is 0.0797 e. The van der Waals surface area contributed by atoms with E-state index in [1.165, 1.54) is 29.8 Å². The molecule has 1 atom stereocenters. The van der Waals surface area contributed by atoms with Gasteiger partial charge in [-0.15, -0.1) is 11.3 Å². The molecule has 1 aromatic heterocycles. The van der Waals surface area contributed by atoms with E-state index in [0.29, 0.717) is 5.41 Å². The van der Waals surface area contributed by atoms with Gasteiger partial charge in [0.15, 0.2) is 0 Å². The Labute approximate surface area is 110 Å². The van der Waals surface area contributed by atoms with Crippen molar-refractivity contribution in [3.05, 3.63) is 16.1 Å². The van der Waals surface area contributed by atoms with Gasteiger partial charge in [0.2, 0.25) is 0 Å². The first kappa shape index (κ1) is 12.5. The number of aromatic nitrogens is 1. The number of halogens is 1. The van der Waals surface area contributed by atoms with Crippen molar-refractivity contribution < 1.29 is 4.74 Å². The molecule has 0 spiro atoms.